The van der Waals surface area contributed by atoms with Crippen molar-refractivity contribution in [2.75, 3.05) is 13.1 Å². The van der Waals surface area contributed by atoms with Gasteiger partial charge in [0.2, 0.25) is 0 Å². The standard InChI is InChI=1S/C18H20N2/c1-2-6-13-12(5-1)11-20-10-9-15-14-7-3-4-8-16(14)19-17(15)18(13)20/h1-4,7-8,12-13,18-19H,5-6,9-11H2. The van der Waals surface area contributed by atoms with E-state index in [9.17, 15) is 0 Å². The molecule has 0 bridgehead atoms. The lowest BCUT2D eigenvalue weighted by atomic mass is 9.80. The first-order valence-corrected chi connectivity index (χ1v) is 7.90. The van der Waals surface area contributed by atoms with Crippen molar-refractivity contribution in [2.45, 2.75) is 25.3 Å². The number of allylic oxidation sites excluding steroid dienone is 2. The number of hydrogen-bond donors (Lipinski definition) is 1. The summed E-state index contributed by atoms with van der Waals surface area (Å²) in [6.45, 7) is 2.54. The van der Waals surface area contributed by atoms with E-state index in [1.54, 1.807) is 5.56 Å². The normalized spacial score (nSPS) is 32.1. The molecule has 0 saturated carbocycles. The summed E-state index contributed by atoms with van der Waals surface area (Å²) in [7, 11) is 0. The van der Waals surface area contributed by atoms with Crippen LogP contribution < -0.4 is 0 Å². The maximum Gasteiger partial charge on any atom is 0.0536 e. The van der Waals surface area contributed by atoms with Crippen LogP contribution in [-0.2, 0) is 6.42 Å². The fraction of sp³-hybridized carbons (Fsp3) is 0.444. The molecule has 2 nitrogen and oxygen atoms in total. The monoisotopic (exact) mass is 264 g/mol. The van der Waals surface area contributed by atoms with Crippen LogP contribution in [0.15, 0.2) is 36.4 Å². The summed E-state index contributed by atoms with van der Waals surface area (Å²) in [6.07, 6.45) is 8.56. The van der Waals surface area contributed by atoms with E-state index in [0.717, 1.165) is 11.8 Å². The minimum Gasteiger partial charge on any atom is -0.357 e. The molecule has 2 aliphatic heterocycles. The predicted octanol–water partition coefficient (Wildman–Crippen LogP) is 3.66. The van der Waals surface area contributed by atoms with Crippen LogP contribution in [0.25, 0.3) is 10.9 Å². The molecule has 2 heteroatoms. The van der Waals surface area contributed by atoms with Crippen LogP contribution in [0.2, 0.25) is 0 Å². The van der Waals surface area contributed by atoms with E-state index in [1.807, 2.05) is 0 Å². The highest BCUT2D eigenvalue weighted by molar-refractivity contribution is 5.85. The van der Waals surface area contributed by atoms with Crippen molar-refractivity contribution in [1.29, 1.82) is 0 Å². The summed E-state index contributed by atoms with van der Waals surface area (Å²) >= 11 is 0. The van der Waals surface area contributed by atoms with Crippen LogP contribution in [0, 0.1) is 11.8 Å². The van der Waals surface area contributed by atoms with E-state index in [-0.39, 0.29) is 0 Å². The first-order valence-electron chi connectivity index (χ1n) is 7.90. The lowest BCUT2D eigenvalue weighted by Crippen LogP contribution is -2.32. The molecular formula is C18H20N2. The van der Waals surface area contributed by atoms with E-state index < -0.39 is 0 Å². The van der Waals surface area contributed by atoms with Gasteiger partial charge in [-0.05, 0) is 42.7 Å². The highest BCUT2D eigenvalue weighted by Crippen LogP contribution is 2.49. The Morgan fingerprint density at radius 3 is 3.00 bits per heavy atom. The fourth-order valence-corrected chi connectivity index (χ4v) is 4.80. The number of aromatic amines is 1. The molecule has 1 N–H and O–H groups in total. The van der Waals surface area contributed by atoms with E-state index in [1.165, 1.54) is 48.9 Å². The van der Waals surface area contributed by atoms with Crippen LogP contribution in [0.5, 0.6) is 0 Å². The van der Waals surface area contributed by atoms with Crippen molar-refractivity contribution in [2.24, 2.45) is 11.8 Å². The van der Waals surface area contributed by atoms with Gasteiger partial charge in [0.25, 0.3) is 0 Å². The Morgan fingerprint density at radius 2 is 2.00 bits per heavy atom. The molecule has 0 spiro atoms. The number of para-hydroxylation sites is 1. The minimum absolute atomic E-state index is 0.640. The third kappa shape index (κ3) is 1.38. The molecule has 0 amide bonds. The number of rotatable bonds is 0. The van der Waals surface area contributed by atoms with E-state index in [2.05, 4.69) is 46.3 Å². The van der Waals surface area contributed by atoms with Crippen molar-refractivity contribution < 1.29 is 0 Å². The molecule has 20 heavy (non-hydrogen) atoms. The van der Waals surface area contributed by atoms with Gasteiger partial charge in [-0.2, -0.15) is 0 Å². The van der Waals surface area contributed by atoms with Crippen molar-refractivity contribution in [3.05, 3.63) is 47.7 Å². The molecule has 0 radical (unpaired) electrons. The molecule has 3 atom stereocenters. The molecule has 102 valence electrons. The maximum atomic E-state index is 3.75. The van der Waals surface area contributed by atoms with Crippen LogP contribution in [0.3, 0.4) is 0 Å². The summed E-state index contributed by atoms with van der Waals surface area (Å²) in [4.78, 5) is 6.49. The molecule has 3 heterocycles. The molecule has 5 rings (SSSR count). The number of hydrogen-bond acceptors (Lipinski definition) is 1. The van der Waals surface area contributed by atoms with Crippen LogP contribution in [-0.4, -0.2) is 23.0 Å². The van der Waals surface area contributed by atoms with Gasteiger partial charge in [0.15, 0.2) is 0 Å². The van der Waals surface area contributed by atoms with Crippen LogP contribution in [0.4, 0.5) is 0 Å². The highest BCUT2D eigenvalue weighted by atomic mass is 15.2. The minimum atomic E-state index is 0.640. The number of aromatic nitrogens is 1. The third-order valence-electron chi connectivity index (χ3n) is 5.68. The van der Waals surface area contributed by atoms with E-state index in [0.29, 0.717) is 6.04 Å². The Labute approximate surface area is 119 Å². The van der Waals surface area contributed by atoms with E-state index in [4.69, 9.17) is 0 Å². The van der Waals surface area contributed by atoms with Crippen molar-refractivity contribution in [3.63, 3.8) is 0 Å². The molecule has 1 saturated heterocycles. The van der Waals surface area contributed by atoms with Gasteiger partial charge in [-0.15, -0.1) is 0 Å². The summed E-state index contributed by atoms with van der Waals surface area (Å²) in [5.41, 5.74) is 4.45. The second-order valence-electron chi connectivity index (χ2n) is 6.62. The molecular weight excluding hydrogens is 244 g/mol. The molecule has 3 unspecified atom stereocenters. The Bertz CT molecular complexity index is 697. The van der Waals surface area contributed by atoms with Gasteiger partial charge in [0, 0.05) is 29.7 Å². The Hall–Kier alpha value is -1.54. The number of benzene rings is 1. The lowest BCUT2D eigenvalue weighted by molar-refractivity contribution is 0.211. The Kier molecular flexibility index (Phi) is 2.22. The van der Waals surface area contributed by atoms with E-state index >= 15 is 0 Å². The number of nitrogens with zero attached hydrogens (tertiary/aromatic N) is 1. The number of fused-ring (bicyclic) bond motifs is 7. The Morgan fingerprint density at radius 1 is 1.10 bits per heavy atom. The first kappa shape index (κ1) is 11.2. The molecule has 1 aromatic carbocycles. The topological polar surface area (TPSA) is 19.0 Å². The van der Waals surface area contributed by atoms with Crippen molar-refractivity contribution in [1.82, 2.24) is 9.88 Å². The first-order chi connectivity index (χ1) is 9.92. The van der Waals surface area contributed by atoms with Gasteiger partial charge < -0.3 is 4.98 Å². The zero-order chi connectivity index (χ0) is 13.1. The fourth-order valence-electron chi connectivity index (χ4n) is 4.80. The molecule has 3 aliphatic rings. The molecule has 2 aromatic rings. The van der Waals surface area contributed by atoms with Crippen LogP contribution in [0.1, 0.15) is 30.1 Å². The average Bonchev–Trinajstić information content (AvgIpc) is 3.04. The van der Waals surface area contributed by atoms with Gasteiger partial charge in [-0.1, -0.05) is 30.4 Å². The predicted molar refractivity (Wildman–Crippen MR) is 81.7 cm³/mol. The van der Waals surface area contributed by atoms with Gasteiger partial charge in [0.05, 0.1) is 6.04 Å². The summed E-state index contributed by atoms with van der Waals surface area (Å²) < 4.78 is 0. The lowest BCUT2D eigenvalue weighted by Gasteiger charge is -2.33. The smallest absolute Gasteiger partial charge is 0.0536 e. The summed E-state index contributed by atoms with van der Waals surface area (Å²) in [5.74, 6) is 1.70. The summed E-state index contributed by atoms with van der Waals surface area (Å²) in [5, 5.41) is 1.46. The third-order valence-corrected chi connectivity index (χ3v) is 5.68. The molecule has 1 aliphatic carbocycles. The number of H-pyrrole nitrogens is 1. The SMILES string of the molecule is C1=CCC2C(C1)CN1CCc3c([nH]c4ccccc34)C21. The van der Waals surface area contributed by atoms with Crippen molar-refractivity contribution in [3.8, 4) is 0 Å². The highest BCUT2D eigenvalue weighted by Gasteiger charge is 2.45. The largest absolute Gasteiger partial charge is 0.357 e. The summed E-state index contributed by atoms with van der Waals surface area (Å²) in [6, 6.07) is 9.46. The zero-order valence-corrected chi connectivity index (χ0v) is 11.7. The van der Waals surface area contributed by atoms with Gasteiger partial charge >= 0.3 is 0 Å². The second-order valence-corrected chi connectivity index (χ2v) is 6.62. The quantitative estimate of drug-likeness (QED) is 0.719. The zero-order valence-electron chi connectivity index (χ0n) is 11.7. The van der Waals surface area contributed by atoms with Crippen LogP contribution >= 0.6 is 0 Å². The average molecular weight is 264 g/mol. The second kappa shape index (κ2) is 3.98. The van der Waals surface area contributed by atoms with Gasteiger partial charge in [-0.3, -0.25) is 4.90 Å². The molecule has 1 aromatic heterocycles. The van der Waals surface area contributed by atoms with Gasteiger partial charge in [-0.25, -0.2) is 0 Å². The molecule has 1 fully saturated rings. The maximum absolute atomic E-state index is 3.75. The van der Waals surface area contributed by atoms with Gasteiger partial charge in [0.1, 0.15) is 0 Å². The van der Waals surface area contributed by atoms with Crippen molar-refractivity contribution >= 4 is 10.9 Å². The number of nitrogens with one attached hydrogen (secondary N) is 1. The Balaban J connectivity index is 1.68.